The first-order valence-corrected chi connectivity index (χ1v) is 12.8. The Kier molecular flexibility index (Phi) is 10.4. The van der Waals surface area contributed by atoms with Gasteiger partial charge in [0.15, 0.2) is 5.78 Å². The summed E-state index contributed by atoms with van der Waals surface area (Å²) in [4.78, 5) is 39.0. The molecule has 0 radical (unpaired) electrons. The molecule has 5 nitrogen and oxygen atoms in total. The molecule has 34 heavy (non-hydrogen) atoms. The zero-order chi connectivity index (χ0) is 27.6. The van der Waals surface area contributed by atoms with Crippen LogP contribution in [-0.2, 0) is 19.1 Å². The topological polar surface area (TPSA) is 72.5 Å². The lowest BCUT2D eigenvalue weighted by atomic mass is 9.64. The van der Waals surface area contributed by atoms with Gasteiger partial charge in [0.25, 0.3) is 0 Å². The van der Waals surface area contributed by atoms with Crippen LogP contribution in [0.4, 0.5) is 0 Å². The van der Waals surface area contributed by atoms with E-state index in [1.54, 1.807) is 13.8 Å². The number of carbonyl (C=O) groups excluding carboxylic acids is 3. The number of nitrogens with one attached hydrogen (secondary N) is 1. The van der Waals surface area contributed by atoms with Gasteiger partial charge in [-0.1, -0.05) is 76.2 Å². The molecule has 0 saturated carbocycles. The summed E-state index contributed by atoms with van der Waals surface area (Å²) in [6, 6.07) is 0. The minimum atomic E-state index is -1.05. The predicted octanol–water partition coefficient (Wildman–Crippen LogP) is 6.77. The average molecular weight is 482 g/mol. The molecule has 1 amide bonds. The molecule has 1 N–H and O–H groups in total. The number of amides is 1. The van der Waals surface area contributed by atoms with Crippen LogP contribution in [0.25, 0.3) is 0 Å². The second kappa shape index (κ2) is 10.8. The molecule has 0 heterocycles. The summed E-state index contributed by atoms with van der Waals surface area (Å²) >= 11 is 0. The first-order chi connectivity index (χ1) is 14.7. The smallest absolute Gasteiger partial charge is 0.220 e. The third-order valence-electron chi connectivity index (χ3n) is 6.90. The number of rotatable bonds is 12. The van der Waals surface area contributed by atoms with Crippen molar-refractivity contribution in [2.24, 2.45) is 27.6 Å². The lowest BCUT2D eigenvalue weighted by molar-refractivity contribution is -0.155. The van der Waals surface area contributed by atoms with Crippen molar-refractivity contribution in [1.29, 1.82) is 0 Å². The van der Waals surface area contributed by atoms with Gasteiger partial charge in [0.2, 0.25) is 5.91 Å². The van der Waals surface area contributed by atoms with E-state index in [0.29, 0.717) is 18.8 Å². The van der Waals surface area contributed by atoms with Gasteiger partial charge in [-0.25, -0.2) is 0 Å². The quantitative estimate of drug-likeness (QED) is 0.334. The van der Waals surface area contributed by atoms with Crippen LogP contribution in [-0.4, -0.2) is 35.2 Å². The first-order valence-electron chi connectivity index (χ1n) is 12.8. The Morgan fingerprint density at radius 1 is 0.735 bits per heavy atom. The molecular weight excluding hydrogens is 426 g/mol. The third-order valence-corrected chi connectivity index (χ3v) is 6.90. The molecule has 0 rings (SSSR count). The molecule has 5 heteroatoms. The van der Waals surface area contributed by atoms with Crippen LogP contribution < -0.4 is 5.32 Å². The highest BCUT2D eigenvalue weighted by Crippen LogP contribution is 2.41. The number of hydrogen-bond donors (Lipinski definition) is 1. The summed E-state index contributed by atoms with van der Waals surface area (Å²) in [6.45, 7) is 29.7. The van der Waals surface area contributed by atoms with Gasteiger partial charge in [-0.05, 0) is 51.9 Å². The zero-order valence-electron chi connectivity index (χ0n) is 25.0. The van der Waals surface area contributed by atoms with Crippen LogP contribution in [0, 0.1) is 27.6 Å². The second-order valence-corrected chi connectivity index (χ2v) is 14.9. The Hall–Kier alpha value is -1.23. The SMILES string of the molecule is CC(CCC(=O)NC(C)(C)COC(C)(C)C(=O)C(C)(C)CC(C)(C)C(=O)C(C)(C)C)C(C)(C)C. The van der Waals surface area contributed by atoms with Gasteiger partial charge in [0.05, 0.1) is 12.1 Å². The second-order valence-electron chi connectivity index (χ2n) is 14.9. The van der Waals surface area contributed by atoms with E-state index in [4.69, 9.17) is 4.74 Å². The number of hydrogen-bond acceptors (Lipinski definition) is 4. The van der Waals surface area contributed by atoms with E-state index in [0.717, 1.165) is 6.42 Å². The molecule has 0 aliphatic rings. The van der Waals surface area contributed by atoms with E-state index in [1.165, 1.54) is 0 Å². The van der Waals surface area contributed by atoms with Crippen LogP contribution in [0.15, 0.2) is 0 Å². The van der Waals surface area contributed by atoms with Gasteiger partial charge in [-0.2, -0.15) is 0 Å². The monoisotopic (exact) mass is 481 g/mol. The molecule has 0 saturated heterocycles. The lowest BCUT2D eigenvalue weighted by Gasteiger charge is -2.40. The molecule has 0 aromatic carbocycles. The fraction of sp³-hybridized carbons (Fsp3) is 0.897. The van der Waals surface area contributed by atoms with Crippen LogP contribution in [0.3, 0.4) is 0 Å². The highest BCUT2D eigenvalue weighted by molar-refractivity contribution is 5.93. The summed E-state index contributed by atoms with van der Waals surface area (Å²) in [5.74, 6) is 0.530. The Bertz CT molecular complexity index is 730. The molecule has 0 fully saturated rings. The van der Waals surface area contributed by atoms with Crippen molar-refractivity contribution >= 4 is 17.5 Å². The van der Waals surface area contributed by atoms with Gasteiger partial charge >= 0.3 is 0 Å². The molecule has 0 aromatic rings. The van der Waals surface area contributed by atoms with E-state index in [2.05, 4.69) is 33.0 Å². The standard InChI is InChI=1S/C29H55NO4/c1-20(24(2,3)4)16-17-21(31)30-28(12,13)19-34-29(14,15)23(33)27(10,11)18-26(8,9)22(32)25(5,6)7/h20H,16-19H2,1-15H3,(H,30,31). The van der Waals surface area contributed by atoms with Gasteiger partial charge in [0, 0.05) is 22.7 Å². The van der Waals surface area contributed by atoms with Crippen molar-refractivity contribution in [3.8, 4) is 0 Å². The molecule has 1 unspecified atom stereocenters. The van der Waals surface area contributed by atoms with Crippen LogP contribution in [0.5, 0.6) is 0 Å². The molecule has 200 valence electrons. The van der Waals surface area contributed by atoms with Crippen molar-refractivity contribution in [3.05, 3.63) is 0 Å². The maximum Gasteiger partial charge on any atom is 0.220 e. The van der Waals surface area contributed by atoms with E-state index >= 15 is 0 Å². The highest BCUT2D eigenvalue weighted by atomic mass is 16.5. The Morgan fingerprint density at radius 3 is 1.59 bits per heavy atom. The van der Waals surface area contributed by atoms with Crippen molar-refractivity contribution in [2.75, 3.05) is 6.61 Å². The van der Waals surface area contributed by atoms with Crippen LogP contribution in [0.1, 0.15) is 123 Å². The third kappa shape index (κ3) is 10.2. The zero-order valence-corrected chi connectivity index (χ0v) is 25.0. The summed E-state index contributed by atoms with van der Waals surface area (Å²) in [5, 5.41) is 3.06. The fourth-order valence-corrected chi connectivity index (χ4v) is 4.78. The largest absolute Gasteiger partial charge is 0.365 e. The number of carbonyl (C=O) groups is 3. The maximum absolute atomic E-state index is 13.5. The summed E-state index contributed by atoms with van der Waals surface area (Å²) in [5.41, 5.74) is -3.34. The molecule has 0 bridgehead atoms. The van der Waals surface area contributed by atoms with Gasteiger partial charge in [-0.3, -0.25) is 14.4 Å². The Balaban J connectivity index is 5.16. The van der Waals surface area contributed by atoms with E-state index in [9.17, 15) is 14.4 Å². The maximum atomic E-state index is 13.5. The van der Waals surface area contributed by atoms with E-state index in [-0.39, 0.29) is 29.5 Å². The number of ether oxygens (including phenoxy) is 1. The molecule has 0 aliphatic carbocycles. The van der Waals surface area contributed by atoms with Gasteiger partial charge in [-0.15, -0.1) is 0 Å². The molecule has 1 atom stereocenters. The van der Waals surface area contributed by atoms with Crippen molar-refractivity contribution in [2.45, 2.75) is 134 Å². The molecule has 0 aromatic heterocycles. The van der Waals surface area contributed by atoms with Crippen molar-refractivity contribution < 1.29 is 19.1 Å². The van der Waals surface area contributed by atoms with Gasteiger partial charge in [0.1, 0.15) is 11.4 Å². The van der Waals surface area contributed by atoms with Crippen molar-refractivity contribution in [1.82, 2.24) is 5.32 Å². The predicted molar refractivity (Wildman–Crippen MR) is 142 cm³/mol. The lowest BCUT2D eigenvalue weighted by Crippen LogP contribution is -2.52. The molecule has 0 aliphatic heterocycles. The normalized spacial score (nSPS) is 15.1. The summed E-state index contributed by atoms with van der Waals surface area (Å²) < 4.78 is 6.12. The van der Waals surface area contributed by atoms with E-state index in [1.807, 2.05) is 62.3 Å². The minimum absolute atomic E-state index is 0.00314. The highest BCUT2D eigenvalue weighted by Gasteiger charge is 2.47. The first kappa shape index (κ1) is 32.8. The van der Waals surface area contributed by atoms with Crippen molar-refractivity contribution in [3.63, 3.8) is 0 Å². The van der Waals surface area contributed by atoms with Crippen LogP contribution >= 0.6 is 0 Å². The van der Waals surface area contributed by atoms with E-state index < -0.39 is 27.4 Å². The molecular formula is C29H55NO4. The Labute approximate surface area is 210 Å². The average Bonchev–Trinajstić information content (AvgIpc) is 2.60. The van der Waals surface area contributed by atoms with Crippen LogP contribution in [0.2, 0.25) is 0 Å². The molecule has 0 spiro atoms. The Morgan fingerprint density at radius 2 is 1.18 bits per heavy atom. The fourth-order valence-electron chi connectivity index (χ4n) is 4.78. The summed E-state index contributed by atoms with van der Waals surface area (Å²) in [7, 11) is 0. The summed E-state index contributed by atoms with van der Waals surface area (Å²) in [6.07, 6.45) is 1.73. The number of Topliss-reactive ketones (excluding diaryl/α,β-unsaturated/α-hetero) is 2. The van der Waals surface area contributed by atoms with Gasteiger partial charge < -0.3 is 10.1 Å². The number of ketones is 2. The minimum Gasteiger partial charge on any atom is -0.365 e.